The molecule has 0 aliphatic rings. The number of rotatable bonds is 3. The molecule has 0 spiro atoms. The van der Waals surface area contributed by atoms with E-state index in [1.165, 1.54) is 0 Å². The molecule has 78 valence electrons. The molecule has 0 aromatic carbocycles. The fraction of sp³-hybridized carbons (Fsp3) is 0.600. The van der Waals surface area contributed by atoms with Gasteiger partial charge in [-0.1, -0.05) is 0 Å². The van der Waals surface area contributed by atoms with E-state index in [2.05, 4.69) is 5.10 Å². The number of carbonyl (C=O) groups is 1. The van der Waals surface area contributed by atoms with Crippen molar-refractivity contribution in [2.75, 3.05) is 6.61 Å². The van der Waals surface area contributed by atoms with E-state index in [1.54, 1.807) is 18.5 Å². The van der Waals surface area contributed by atoms with Crippen molar-refractivity contribution in [1.29, 1.82) is 0 Å². The summed E-state index contributed by atoms with van der Waals surface area (Å²) in [7, 11) is 0. The minimum Gasteiger partial charge on any atom is -0.464 e. The molecule has 4 heteroatoms. The summed E-state index contributed by atoms with van der Waals surface area (Å²) in [4.78, 5) is 11.4. The number of esters is 1. The van der Waals surface area contributed by atoms with E-state index in [-0.39, 0.29) is 12.0 Å². The fourth-order valence-electron chi connectivity index (χ4n) is 1.40. The lowest BCUT2D eigenvalue weighted by Gasteiger charge is -2.12. The summed E-state index contributed by atoms with van der Waals surface area (Å²) in [6, 6.07) is 1.60. The van der Waals surface area contributed by atoms with Crippen molar-refractivity contribution in [2.24, 2.45) is 0 Å². The second-order valence-electron chi connectivity index (χ2n) is 3.30. The van der Waals surface area contributed by atoms with Crippen LogP contribution in [0.3, 0.4) is 0 Å². The van der Waals surface area contributed by atoms with Crippen molar-refractivity contribution >= 4 is 5.97 Å². The Kier molecular flexibility index (Phi) is 3.28. The lowest BCUT2D eigenvalue weighted by atomic mass is 10.3. The summed E-state index contributed by atoms with van der Waals surface area (Å²) < 4.78 is 6.61. The number of nitrogens with zero attached hydrogens (tertiary/aromatic N) is 2. The molecule has 0 N–H and O–H groups in total. The topological polar surface area (TPSA) is 44.1 Å². The number of aryl methyl sites for hydroxylation is 2. The molecule has 0 bridgehead atoms. The Morgan fingerprint density at radius 1 is 1.64 bits per heavy atom. The van der Waals surface area contributed by atoms with Crippen LogP contribution in [0.2, 0.25) is 0 Å². The Hall–Kier alpha value is -1.32. The van der Waals surface area contributed by atoms with Crippen LogP contribution < -0.4 is 0 Å². The number of ether oxygens (including phenoxy) is 1. The first-order valence-corrected chi connectivity index (χ1v) is 4.75. The minimum absolute atomic E-state index is 0.237. The Morgan fingerprint density at radius 3 is 2.71 bits per heavy atom. The van der Waals surface area contributed by atoms with Gasteiger partial charge in [0.1, 0.15) is 6.04 Å². The molecular formula is C10H16N2O2. The highest BCUT2D eigenvalue weighted by atomic mass is 16.5. The normalized spacial score (nSPS) is 12.6. The van der Waals surface area contributed by atoms with Gasteiger partial charge in [0.05, 0.1) is 12.3 Å². The molecule has 1 atom stereocenters. The third-order valence-electron chi connectivity index (χ3n) is 2.04. The Labute approximate surface area is 83.9 Å². The third-order valence-corrected chi connectivity index (χ3v) is 2.04. The Morgan fingerprint density at radius 2 is 2.29 bits per heavy atom. The van der Waals surface area contributed by atoms with Crippen LogP contribution in [0.4, 0.5) is 0 Å². The van der Waals surface area contributed by atoms with Crippen LogP contribution in [-0.2, 0) is 9.53 Å². The molecule has 0 amide bonds. The van der Waals surface area contributed by atoms with Gasteiger partial charge in [-0.05, 0) is 33.8 Å². The Bertz CT molecular complexity index is 331. The lowest BCUT2D eigenvalue weighted by Crippen LogP contribution is -2.21. The zero-order valence-electron chi connectivity index (χ0n) is 9.07. The van der Waals surface area contributed by atoms with Gasteiger partial charge in [0.2, 0.25) is 0 Å². The van der Waals surface area contributed by atoms with E-state index in [9.17, 15) is 4.79 Å². The number of carbonyl (C=O) groups excluding carboxylic acids is 1. The van der Waals surface area contributed by atoms with Gasteiger partial charge in [0, 0.05) is 5.69 Å². The molecule has 0 saturated carbocycles. The standard InChI is InChI=1S/C10H16N2O2/c1-5-14-10(13)9(4)12-8(3)6-7(2)11-12/h6,9H,5H2,1-4H3/t9-/m0/s1. The molecule has 0 fully saturated rings. The molecule has 0 aliphatic carbocycles. The van der Waals surface area contributed by atoms with Gasteiger partial charge < -0.3 is 4.74 Å². The summed E-state index contributed by atoms with van der Waals surface area (Å²) in [6.45, 7) is 7.82. The van der Waals surface area contributed by atoms with Crippen LogP contribution in [-0.4, -0.2) is 22.4 Å². The smallest absolute Gasteiger partial charge is 0.330 e. The SMILES string of the molecule is CCOC(=O)[C@H](C)n1nc(C)cc1C. The van der Waals surface area contributed by atoms with E-state index in [0.717, 1.165) is 11.4 Å². The van der Waals surface area contributed by atoms with Crippen LogP contribution in [0, 0.1) is 13.8 Å². The van der Waals surface area contributed by atoms with Crippen molar-refractivity contribution in [3.63, 3.8) is 0 Å². The molecule has 1 rings (SSSR count). The molecular weight excluding hydrogens is 180 g/mol. The van der Waals surface area contributed by atoms with Crippen molar-refractivity contribution in [2.45, 2.75) is 33.7 Å². The molecule has 1 aromatic heterocycles. The number of hydrogen-bond acceptors (Lipinski definition) is 3. The molecule has 1 aromatic rings. The second-order valence-corrected chi connectivity index (χ2v) is 3.30. The van der Waals surface area contributed by atoms with Crippen LogP contribution in [0.5, 0.6) is 0 Å². The van der Waals surface area contributed by atoms with Crippen LogP contribution in [0.15, 0.2) is 6.07 Å². The van der Waals surface area contributed by atoms with Crippen LogP contribution in [0.25, 0.3) is 0 Å². The molecule has 1 heterocycles. The zero-order valence-corrected chi connectivity index (χ0v) is 9.07. The second kappa shape index (κ2) is 4.26. The first kappa shape index (κ1) is 10.8. The maximum Gasteiger partial charge on any atom is 0.330 e. The van der Waals surface area contributed by atoms with Gasteiger partial charge in [-0.3, -0.25) is 4.68 Å². The Balaban J connectivity index is 2.83. The highest BCUT2D eigenvalue weighted by Crippen LogP contribution is 2.11. The molecule has 0 unspecified atom stereocenters. The maximum atomic E-state index is 11.4. The molecule has 0 radical (unpaired) electrons. The van der Waals surface area contributed by atoms with Crippen LogP contribution >= 0.6 is 0 Å². The number of hydrogen-bond donors (Lipinski definition) is 0. The van der Waals surface area contributed by atoms with Gasteiger partial charge in [0.15, 0.2) is 0 Å². The average molecular weight is 196 g/mol. The van der Waals surface area contributed by atoms with Gasteiger partial charge in [-0.25, -0.2) is 4.79 Å². The lowest BCUT2D eigenvalue weighted by molar-refractivity contribution is -0.146. The summed E-state index contributed by atoms with van der Waals surface area (Å²) in [5.41, 5.74) is 1.89. The van der Waals surface area contributed by atoms with Crippen molar-refractivity contribution < 1.29 is 9.53 Å². The first-order chi connectivity index (χ1) is 6.56. The average Bonchev–Trinajstić information content (AvgIpc) is 2.44. The molecule has 4 nitrogen and oxygen atoms in total. The van der Waals surface area contributed by atoms with Crippen molar-refractivity contribution in [3.8, 4) is 0 Å². The fourth-order valence-corrected chi connectivity index (χ4v) is 1.40. The predicted octanol–water partition coefficient (Wildman–Crippen LogP) is 1.62. The molecule has 0 saturated heterocycles. The predicted molar refractivity (Wildman–Crippen MR) is 53.0 cm³/mol. The van der Waals surface area contributed by atoms with E-state index >= 15 is 0 Å². The van der Waals surface area contributed by atoms with Crippen molar-refractivity contribution in [3.05, 3.63) is 17.5 Å². The summed E-state index contributed by atoms with van der Waals surface area (Å²) >= 11 is 0. The van der Waals surface area contributed by atoms with Gasteiger partial charge in [-0.15, -0.1) is 0 Å². The summed E-state index contributed by atoms with van der Waals surface area (Å²) in [6.07, 6.45) is 0. The molecule has 0 aliphatic heterocycles. The highest BCUT2D eigenvalue weighted by Gasteiger charge is 2.18. The van der Waals surface area contributed by atoms with E-state index in [4.69, 9.17) is 4.74 Å². The third kappa shape index (κ3) is 2.13. The zero-order chi connectivity index (χ0) is 10.7. The summed E-state index contributed by atoms with van der Waals surface area (Å²) in [5, 5.41) is 4.23. The maximum absolute atomic E-state index is 11.4. The highest BCUT2D eigenvalue weighted by molar-refractivity contribution is 5.73. The summed E-state index contributed by atoms with van der Waals surface area (Å²) in [5.74, 6) is -0.237. The largest absolute Gasteiger partial charge is 0.464 e. The monoisotopic (exact) mass is 196 g/mol. The van der Waals surface area contributed by atoms with E-state index < -0.39 is 0 Å². The van der Waals surface area contributed by atoms with E-state index in [1.807, 2.05) is 19.9 Å². The van der Waals surface area contributed by atoms with E-state index in [0.29, 0.717) is 6.61 Å². The first-order valence-electron chi connectivity index (χ1n) is 4.75. The van der Waals surface area contributed by atoms with Gasteiger partial charge in [0.25, 0.3) is 0 Å². The van der Waals surface area contributed by atoms with Crippen molar-refractivity contribution in [1.82, 2.24) is 9.78 Å². The van der Waals surface area contributed by atoms with Crippen LogP contribution in [0.1, 0.15) is 31.3 Å². The quantitative estimate of drug-likeness (QED) is 0.690. The minimum atomic E-state index is -0.344. The van der Waals surface area contributed by atoms with Gasteiger partial charge >= 0.3 is 5.97 Å². The number of aromatic nitrogens is 2. The van der Waals surface area contributed by atoms with Gasteiger partial charge in [-0.2, -0.15) is 5.10 Å². The molecule has 14 heavy (non-hydrogen) atoms.